The average molecular weight is 186 g/mol. The van der Waals surface area contributed by atoms with Crippen LogP contribution in [0.15, 0.2) is 18.3 Å². The van der Waals surface area contributed by atoms with Crippen molar-refractivity contribution >= 4 is 5.69 Å². The van der Waals surface area contributed by atoms with Gasteiger partial charge in [-0.25, -0.2) is 8.78 Å². The molecule has 1 N–H and O–H groups in total. The molecule has 0 amide bonds. The fraction of sp³-hybridized carbons (Fsp3) is 0.444. The van der Waals surface area contributed by atoms with Gasteiger partial charge >= 0.3 is 0 Å². The van der Waals surface area contributed by atoms with Crippen LogP contribution in [0.2, 0.25) is 0 Å². The molecule has 2 nitrogen and oxygen atoms in total. The Morgan fingerprint density at radius 2 is 2.31 bits per heavy atom. The number of rotatable bonds is 4. The number of aromatic nitrogens is 1. The standard InChI is InChI=1S/C9H12F2N2/c1-2-7-5-8(3-4-12-7)13-6-9(10)11/h3-5,9H,2,6H2,1H3,(H,12,13). The van der Waals surface area contributed by atoms with Crippen LogP contribution in [0.4, 0.5) is 14.5 Å². The first-order valence-electron chi connectivity index (χ1n) is 4.19. The lowest BCUT2D eigenvalue weighted by atomic mass is 10.2. The summed E-state index contributed by atoms with van der Waals surface area (Å²) in [7, 11) is 0. The summed E-state index contributed by atoms with van der Waals surface area (Å²) in [5.74, 6) is 0. The summed E-state index contributed by atoms with van der Waals surface area (Å²) in [6.07, 6.45) is 0.106. The highest BCUT2D eigenvalue weighted by molar-refractivity contribution is 5.43. The molecule has 0 aliphatic rings. The molecule has 0 saturated carbocycles. The highest BCUT2D eigenvalue weighted by atomic mass is 19.3. The number of halogens is 2. The van der Waals surface area contributed by atoms with E-state index in [4.69, 9.17) is 0 Å². The summed E-state index contributed by atoms with van der Waals surface area (Å²) in [6, 6.07) is 3.46. The molecule has 0 spiro atoms. The third-order valence-corrected chi connectivity index (χ3v) is 1.64. The predicted molar refractivity (Wildman–Crippen MR) is 48.1 cm³/mol. The maximum Gasteiger partial charge on any atom is 0.255 e. The lowest BCUT2D eigenvalue weighted by molar-refractivity contribution is 0.163. The molecule has 4 heteroatoms. The van der Waals surface area contributed by atoms with Gasteiger partial charge in [-0.05, 0) is 18.6 Å². The topological polar surface area (TPSA) is 24.9 Å². The highest BCUT2D eigenvalue weighted by Gasteiger charge is 2.01. The van der Waals surface area contributed by atoms with Crippen molar-refractivity contribution in [2.24, 2.45) is 0 Å². The van der Waals surface area contributed by atoms with Gasteiger partial charge in [-0.15, -0.1) is 0 Å². The number of anilines is 1. The second kappa shape index (κ2) is 4.74. The van der Waals surface area contributed by atoms with Gasteiger partial charge in [-0.2, -0.15) is 0 Å². The van der Waals surface area contributed by atoms with E-state index in [1.54, 1.807) is 18.3 Å². The molecule has 0 unspecified atom stereocenters. The fourth-order valence-electron chi connectivity index (χ4n) is 0.976. The molecule has 1 rings (SSSR count). The van der Waals surface area contributed by atoms with E-state index in [1.165, 1.54) is 0 Å². The molecule has 0 radical (unpaired) electrons. The Bertz CT molecular complexity index is 264. The van der Waals surface area contributed by atoms with Crippen LogP contribution in [0.3, 0.4) is 0 Å². The molecule has 1 heterocycles. The van der Waals surface area contributed by atoms with Crippen LogP contribution in [0, 0.1) is 0 Å². The normalized spacial score (nSPS) is 10.5. The molecule has 0 saturated heterocycles. The summed E-state index contributed by atoms with van der Waals surface area (Å²) >= 11 is 0. The Morgan fingerprint density at radius 3 is 2.92 bits per heavy atom. The summed E-state index contributed by atoms with van der Waals surface area (Å²) in [5, 5.41) is 2.63. The van der Waals surface area contributed by atoms with Crippen molar-refractivity contribution in [3.8, 4) is 0 Å². The van der Waals surface area contributed by atoms with E-state index in [2.05, 4.69) is 10.3 Å². The van der Waals surface area contributed by atoms with Gasteiger partial charge in [0, 0.05) is 17.6 Å². The molecule has 0 aliphatic heterocycles. The number of aryl methyl sites for hydroxylation is 1. The maximum absolute atomic E-state index is 11.8. The number of hydrogen-bond donors (Lipinski definition) is 1. The lowest BCUT2D eigenvalue weighted by Crippen LogP contribution is -2.10. The third-order valence-electron chi connectivity index (χ3n) is 1.64. The van der Waals surface area contributed by atoms with E-state index in [-0.39, 0.29) is 6.54 Å². The molecule has 0 aromatic carbocycles. The summed E-state index contributed by atoms with van der Waals surface area (Å²) in [5.41, 5.74) is 1.60. The Labute approximate surface area is 76.0 Å². The third kappa shape index (κ3) is 3.36. The minimum absolute atomic E-state index is 0.312. The Balaban J connectivity index is 2.56. The highest BCUT2D eigenvalue weighted by Crippen LogP contribution is 2.08. The second-order valence-electron chi connectivity index (χ2n) is 2.66. The molecule has 13 heavy (non-hydrogen) atoms. The van der Waals surface area contributed by atoms with Gasteiger partial charge in [0.25, 0.3) is 6.43 Å². The molecule has 1 aromatic heterocycles. The quantitative estimate of drug-likeness (QED) is 0.780. The number of nitrogens with one attached hydrogen (secondary N) is 1. The first-order valence-corrected chi connectivity index (χ1v) is 4.19. The minimum Gasteiger partial charge on any atom is -0.379 e. The maximum atomic E-state index is 11.8. The van der Waals surface area contributed by atoms with Crippen molar-refractivity contribution in [2.75, 3.05) is 11.9 Å². The van der Waals surface area contributed by atoms with Crippen LogP contribution in [-0.4, -0.2) is 18.0 Å². The minimum atomic E-state index is -2.32. The Kier molecular flexibility index (Phi) is 3.61. The molecule has 0 fully saturated rings. The van der Waals surface area contributed by atoms with Crippen LogP contribution in [-0.2, 0) is 6.42 Å². The molecule has 1 aromatic rings. The number of hydrogen-bond acceptors (Lipinski definition) is 2. The van der Waals surface area contributed by atoms with E-state index < -0.39 is 6.43 Å². The van der Waals surface area contributed by atoms with Gasteiger partial charge in [0.1, 0.15) is 0 Å². The number of pyridine rings is 1. The van der Waals surface area contributed by atoms with Crippen molar-refractivity contribution in [1.82, 2.24) is 4.98 Å². The van der Waals surface area contributed by atoms with Gasteiger partial charge in [0.15, 0.2) is 0 Å². The largest absolute Gasteiger partial charge is 0.379 e. The molecule has 0 bridgehead atoms. The molecular formula is C9H12F2N2. The summed E-state index contributed by atoms with van der Waals surface area (Å²) in [4.78, 5) is 4.06. The van der Waals surface area contributed by atoms with Crippen LogP contribution >= 0.6 is 0 Å². The lowest BCUT2D eigenvalue weighted by Gasteiger charge is -2.05. The van der Waals surface area contributed by atoms with Crippen LogP contribution in [0.5, 0.6) is 0 Å². The van der Waals surface area contributed by atoms with Crippen LogP contribution in [0.25, 0.3) is 0 Å². The second-order valence-corrected chi connectivity index (χ2v) is 2.66. The van der Waals surface area contributed by atoms with Gasteiger partial charge in [-0.3, -0.25) is 4.98 Å². The zero-order valence-electron chi connectivity index (χ0n) is 7.43. The molecule has 72 valence electrons. The van der Waals surface area contributed by atoms with E-state index in [0.717, 1.165) is 12.1 Å². The first-order chi connectivity index (χ1) is 6.22. The van der Waals surface area contributed by atoms with E-state index in [1.807, 2.05) is 6.92 Å². The van der Waals surface area contributed by atoms with Crippen molar-refractivity contribution in [3.05, 3.63) is 24.0 Å². The van der Waals surface area contributed by atoms with Crippen molar-refractivity contribution in [2.45, 2.75) is 19.8 Å². The van der Waals surface area contributed by atoms with Crippen molar-refractivity contribution in [1.29, 1.82) is 0 Å². The van der Waals surface area contributed by atoms with E-state index >= 15 is 0 Å². The smallest absolute Gasteiger partial charge is 0.255 e. The molecular weight excluding hydrogens is 174 g/mol. The van der Waals surface area contributed by atoms with E-state index in [0.29, 0.717) is 5.69 Å². The van der Waals surface area contributed by atoms with Gasteiger partial charge in [0.05, 0.1) is 6.54 Å². The zero-order valence-corrected chi connectivity index (χ0v) is 7.43. The van der Waals surface area contributed by atoms with Gasteiger partial charge < -0.3 is 5.32 Å². The molecule has 0 aliphatic carbocycles. The Hall–Kier alpha value is -1.19. The Morgan fingerprint density at radius 1 is 1.54 bits per heavy atom. The van der Waals surface area contributed by atoms with Gasteiger partial charge in [0.2, 0.25) is 0 Å². The zero-order chi connectivity index (χ0) is 9.68. The number of alkyl halides is 2. The van der Waals surface area contributed by atoms with Crippen molar-refractivity contribution < 1.29 is 8.78 Å². The van der Waals surface area contributed by atoms with Gasteiger partial charge in [-0.1, -0.05) is 6.92 Å². The van der Waals surface area contributed by atoms with Crippen LogP contribution < -0.4 is 5.32 Å². The number of nitrogens with zero attached hydrogens (tertiary/aromatic N) is 1. The van der Waals surface area contributed by atoms with Crippen LogP contribution in [0.1, 0.15) is 12.6 Å². The summed E-state index contributed by atoms with van der Waals surface area (Å²) in [6.45, 7) is 1.66. The molecule has 0 atom stereocenters. The summed E-state index contributed by atoms with van der Waals surface area (Å²) < 4.78 is 23.6. The predicted octanol–water partition coefficient (Wildman–Crippen LogP) is 2.32. The SMILES string of the molecule is CCc1cc(NCC(F)F)ccn1. The first kappa shape index (κ1) is 9.89. The average Bonchev–Trinajstić information content (AvgIpc) is 2.15. The fourth-order valence-corrected chi connectivity index (χ4v) is 0.976. The monoisotopic (exact) mass is 186 g/mol. The van der Waals surface area contributed by atoms with E-state index in [9.17, 15) is 8.78 Å². The van der Waals surface area contributed by atoms with Crippen molar-refractivity contribution in [3.63, 3.8) is 0 Å².